The maximum absolute atomic E-state index is 12.9. The Bertz CT molecular complexity index is 1050. The molecule has 5 heteroatoms. The molecule has 0 saturated heterocycles. The number of hydrogen-bond acceptors (Lipinski definition) is 3. The number of nitrogens with one attached hydrogen (secondary N) is 1. The fourth-order valence-electron chi connectivity index (χ4n) is 2.94. The van der Waals surface area contributed by atoms with Crippen LogP contribution in [0.1, 0.15) is 28.4 Å². The van der Waals surface area contributed by atoms with Gasteiger partial charge in [0, 0.05) is 18.4 Å². The second kappa shape index (κ2) is 7.04. The predicted molar refractivity (Wildman–Crippen MR) is 104 cm³/mol. The first kappa shape index (κ1) is 17.7. The van der Waals surface area contributed by atoms with Crippen molar-refractivity contribution in [3.63, 3.8) is 0 Å². The lowest BCUT2D eigenvalue weighted by molar-refractivity contribution is 0.102. The summed E-state index contributed by atoms with van der Waals surface area (Å²) >= 11 is 0. The molecule has 1 amide bonds. The SMILES string of the molecule is CCn1cc(C(=O)Nc2ccc(C)c(C)c2)c(=O)c2cc(OC)ccc21. The lowest BCUT2D eigenvalue weighted by atomic mass is 10.1. The van der Waals surface area contributed by atoms with E-state index >= 15 is 0 Å². The van der Waals surface area contributed by atoms with Crippen LogP contribution in [-0.4, -0.2) is 17.6 Å². The Morgan fingerprint density at radius 2 is 1.88 bits per heavy atom. The molecule has 0 aliphatic rings. The summed E-state index contributed by atoms with van der Waals surface area (Å²) in [5.74, 6) is 0.175. The van der Waals surface area contributed by atoms with Gasteiger partial charge < -0.3 is 14.6 Å². The first-order valence-corrected chi connectivity index (χ1v) is 8.54. The highest BCUT2D eigenvalue weighted by Crippen LogP contribution is 2.20. The van der Waals surface area contributed by atoms with E-state index in [1.807, 2.05) is 55.7 Å². The average molecular weight is 350 g/mol. The van der Waals surface area contributed by atoms with E-state index in [1.165, 1.54) is 0 Å². The van der Waals surface area contributed by atoms with Crippen molar-refractivity contribution in [2.45, 2.75) is 27.3 Å². The van der Waals surface area contributed by atoms with Crippen molar-refractivity contribution in [3.05, 3.63) is 69.5 Å². The number of pyridine rings is 1. The fraction of sp³-hybridized carbons (Fsp3) is 0.238. The van der Waals surface area contributed by atoms with E-state index < -0.39 is 5.91 Å². The number of nitrogens with zero attached hydrogens (tertiary/aromatic N) is 1. The van der Waals surface area contributed by atoms with Gasteiger partial charge in [0.05, 0.1) is 18.0 Å². The van der Waals surface area contributed by atoms with Gasteiger partial charge in [0.2, 0.25) is 5.43 Å². The molecule has 0 saturated carbocycles. The van der Waals surface area contributed by atoms with Crippen molar-refractivity contribution in [2.75, 3.05) is 12.4 Å². The van der Waals surface area contributed by atoms with E-state index in [0.717, 1.165) is 16.6 Å². The van der Waals surface area contributed by atoms with Crippen molar-refractivity contribution in [3.8, 4) is 5.75 Å². The Hall–Kier alpha value is -3.08. The van der Waals surface area contributed by atoms with Gasteiger partial charge in [0.25, 0.3) is 5.91 Å². The van der Waals surface area contributed by atoms with Gasteiger partial charge in [-0.05, 0) is 62.2 Å². The van der Waals surface area contributed by atoms with Gasteiger partial charge in [0.15, 0.2) is 0 Å². The second-order valence-corrected chi connectivity index (χ2v) is 6.29. The molecule has 2 aromatic carbocycles. The van der Waals surface area contributed by atoms with E-state index in [9.17, 15) is 9.59 Å². The molecule has 0 atom stereocenters. The van der Waals surface area contributed by atoms with Crippen molar-refractivity contribution < 1.29 is 9.53 Å². The van der Waals surface area contributed by atoms with E-state index in [0.29, 0.717) is 23.4 Å². The summed E-state index contributed by atoms with van der Waals surface area (Å²) in [7, 11) is 1.55. The molecule has 3 rings (SSSR count). The Kier molecular flexibility index (Phi) is 4.80. The number of carbonyl (C=O) groups excluding carboxylic acids is 1. The molecule has 0 bridgehead atoms. The molecule has 134 valence electrons. The number of aromatic nitrogens is 1. The van der Waals surface area contributed by atoms with Crippen LogP contribution < -0.4 is 15.5 Å². The van der Waals surface area contributed by atoms with Crippen molar-refractivity contribution in [2.24, 2.45) is 0 Å². The smallest absolute Gasteiger partial charge is 0.261 e. The topological polar surface area (TPSA) is 60.3 Å². The quantitative estimate of drug-likeness (QED) is 0.776. The predicted octanol–water partition coefficient (Wildman–Crippen LogP) is 3.90. The summed E-state index contributed by atoms with van der Waals surface area (Å²) in [4.78, 5) is 25.6. The van der Waals surface area contributed by atoms with Crippen LogP contribution >= 0.6 is 0 Å². The van der Waals surface area contributed by atoms with Gasteiger partial charge in [0.1, 0.15) is 11.3 Å². The average Bonchev–Trinajstić information content (AvgIpc) is 2.64. The Morgan fingerprint density at radius 3 is 2.54 bits per heavy atom. The van der Waals surface area contributed by atoms with Crippen molar-refractivity contribution in [1.29, 1.82) is 0 Å². The van der Waals surface area contributed by atoms with Crippen molar-refractivity contribution >= 4 is 22.5 Å². The first-order valence-electron chi connectivity index (χ1n) is 8.54. The first-order chi connectivity index (χ1) is 12.4. The summed E-state index contributed by atoms with van der Waals surface area (Å²) in [5, 5.41) is 3.30. The highest BCUT2D eigenvalue weighted by Gasteiger charge is 2.16. The molecule has 26 heavy (non-hydrogen) atoms. The summed E-state index contributed by atoms with van der Waals surface area (Å²) in [6.07, 6.45) is 1.62. The van der Waals surface area contributed by atoms with Gasteiger partial charge in [-0.15, -0.1) is 0 Å². The normalized spacial score (nSPS) is 10.8. The molecule has 0 aliphatic heterocycles. The number of rotatable bonds is 4. The van der Waals surface area contributed by atoms with E-state index in [1.54, 1.807) is 19.4 Å². The minimum Gasteiger partial charge on any atom is -0.497 e. The highest BCUT2D eigenvalue weighted by molar-refractivity contribution is 6.05. The number of methoxy groups -OCH3 is 1. The van der Waals surface area contributed by atoms with Gasteiger partial charge >= 0.3 is 0 Å². The molecule has 3 aromatic rings. The summed E-state index contributed by atoms with van der Waals surface area (Å²) in [6, 6.07) is 11.0. The number of ether oxygens (including phenoxy) is 1. The van der Waals surface area contributed by atoms with Crippen LogP contribution in [0.4, 0.5) is 5.69 Å². The van der Waals surface area contributed by atoms with Gasteiger partial charge in [-0.2, -0.15) is 0 Å². The molecule has 0 fully saturated rings. The number of carbonyl (C=O) groups is 1. The zero-order chi connectivity index (χ0) is 18.8. The van der Waals surface area contributed by atoms with Crippen LogP contribution in [0.25, 0.3) is 10.9 Å². The molecule has 5 nitrogen and oxygen atoms in total. The third-order valence-electron chi connectivity index (χ3n) is 4.64. The van der Waals surface area contributed by atoms with Crippen LogP contribution in [-0.2, 0) is 6.54 Å². The molecule has 0 radical (unpaired) electrons. The lowest BCUT2D eigenvalue weighted by Gasteiger charge is -2.13. The summed E-state index contributed by atoms with van der Waals surface area (Å²) in [6.45, 7) is 6.61. The van der Waals surface area contributed by atoms with E-state index in [-0.39, 0.29) is 11.0 Å². The van der Waals surface area contributed by atoms with Crippen LogP contribution in [0, 0.1) is 13.8 Å². The van der Waals surface area contributed by atoms with Gasteiger partial charge in [-0.25, -0.2) is 0 Å². The minimum absolute atomic E-state index is 0.117. The standard InChI is InChI=1S/C21H22N2O3/c1-5-23-12-18(20(24)17-11-16(26-4)8-9-19(17)23)21(25)22-15-7-6-13(2)14(3)10-15/h6-12H,5H2,1-4H3,(H,22,25). The minimum atomic E-state index is -0.412. The largest absolute Gasteiger partial charge is 0.497 e. The van der Waals surface area contributed by atoms with Crippen molar-refractivity contribution in [1.82, 2.24) is 4.57 Å². The van der Waals surface area contributed by atoms with Gasteiger partial charge in [-0.3, -0.25) is 9.59 Å². The number of fused-ring (bicyclic) bond motifs is 1. The monoisotopic (exact) mass is 350 g/mol. The van der Waals surface area contributed by atoms with Gasteiger partial charge in [-0.1, -0.05) is 6.07 Å². The summed E-state index contributed by atoms with van der Waals surface area (Å²) in [5.41, 5.74) is 3.49. The van der Waals surface area contributed by atoms with Crippen LogP contribution in [0.2, 0.25) is 0 Å². The fourth-order valence-corrected chi connectivity index (χ4v) is 2.94. The number of amides is 1. The Morgan fingerprint density at radius 1 is 1.12 bits per heavy atom. The molecule has 0 aliphatic carbocycles. The van der Waals surface area contributed by atoms with E-state index in [2.05, 4.69) is 5.32 Å². The highest BCUT2D eigenvalue weighted by atomic mass is 16.5. The number of anilines is 1. The Balaban J connectivity index is 2.08. The molecular formula is C21H22N2O3. The number of aryl methyl sites for hydroxylation is 3. The third kappa shape index (κ3) is 3.20. The van der Waals surface area contributed by atoms with E-state index in [4.69, 9.17) is 4.74 Å². The molecule has 1 aromatic heterocycles. The molecular weight excluding hydrogens is 328 g/mol. The maximum Gasteiger partial charge on any atom is 0.261 e. The van der Waals surface area contributed by atoms with Crippen LogP contribution in [0.3, 0.4) is 0 Å². The molecule has 0 unspecified atom stereocenters. The molecule has 0 spiro atoms. The maximum atomic E-state index is 12.9. The number of benzene rings is 2. The summed E-state index contributed by atoms with van der Waals surface area (Å²) < 4.78 is 7.12. The number of hydrogen-bond donors (Lipinski definition) is 1. The molecule has 1 heterocycles. The zero-order valence-corrected chi connectivity index (χ0v) is 15.4. The Labute approximate surface area is 152 Å². The van der Waals surface area contributed by atoms with Crippen LogP contribution in [0.15, 0.2) is 47.4 Å². The zero-order valence-electron chi connectivity index (χ0n) is 15.4. The molecule has 1 N–H and O–H groups in total. The lowest BCUT2D eigenvalue weighted by Crippen LogP contribution is -2.24. The van der Waals surface area contributed by atoms with Crippen LogP contribution in [0.5, 0.6) is 5.75 Å². The third-order valence-corrected chi connectivity index (χ3v) is 4.64. The second-order valence-electron chi connectivity index (χ2n) is 6.29.